The summed E-state index contributed by atoms with van der Waals surface area (Å²) in [6, 6.07) is 9.79. The van der Waals surface area contributed by atoms with Gasteiger partial charge in [-0.3, -0.25) is 0 Å². The van der Waals surface area contributed by atoms with Crippen molar-refractivity contribution in [2.45, 2.75) is 4.90 Å². The number of thiol groups is 1. The zero-order chi connectivity index (χ0) is 7.11. The maximum absolute atomic E-state index is 4.64. The Hall–Kier alpha value is -0.0751. The average molecular weight is 158 g/mol. The molecule has 1 aromatic carbocycles. The molecule has 0 aliphatic rings. The van der Waals surface area contributed by atoms with Gasteiger partial charge in [-0.15, -0.1) is 12.6 Å². The third kappa shape index (κ3) is 4.43. The number of halogens is 1. The summed E-state index contributed by atoms with van der Waals surface area (Å²) in [5.41, 5.74) is 0. The van der Waals surface area contributed by atoms with Crippen molar-refractivity contribution in [3.8, 4) is 0 Å². The molecule has 0 heterocycles. The first-order chi connectivity index (χ1) is 4.39. The van der Waals surface area contributed by atoms with E-state index in [9.17, 15) is 0 Å². The number of hydrogen-bond donors (Lipinski definition) is 1. The second-order valence-electron chi connectivity index (χ2n) is 1.34. The Balaban J connectivity index is 0.000000291. The van der Waals surface area contributed by atoms with Gasteiger partial charge in [0.15, 0.2) is 0 Å². The van der Waals surface area contributed by atoms with Gasteiger partial charge in [0.1, 0.15) is 0 Å². The third-order valence-corrected chi connectivity index (χ3v) is 1.05. The summed E-state index contributed by atoms with van der Waals surface area (Å²) in [6.45, 7) is 0. The predicted molar refractivity (Wildman–Crippen MR) is 48.1 cm³/mol. The molecule has 1 aromatic rings. The predicted octanol–water partition coefficient (Wildman–Crippen LogP) is 1.75. The van der Waals surface area contributed by atoms with E-state index in [0.717, 1.165) is 4.90 Å². The van der Waals surface area contributed by atoms with Gasteiger partial charge in [-0.25, -0.2) is 11.5 Å². The minimum Gasteiger partial charge on any atom is -0.206 e. The summed E-state index contributed by atoms with van der Waals surface area (Å²) >= 11 is 8.72. The zero-order valence-electron chi connectivity index (χ0n) is 5.21. The van der Waals surface area contributed by atoms with E-state index < -0.39 is 0 Å². The summed E-state index contributed by atoms with van der Waals surface area (Å²) in [4.78, 5) is 1.02. The smallest absolute Gasteiger partial charge is 0.206 e. The van der Waals surface area contributed by atoms with Gasteiger partial charge < -0.3 is 0 Å². The first kappa shape index (κ1) is 8.92. The molecular weight excluding hydrogens is 150 g/mol. The van der Waals surface area contributed by atoms with Crippen LogP contribution in [-0.4, -0.2) is 7.26 Å². The van der Waals surface area contributed by atoms with E-state index >= 15 is 0 Å². The Morgan fingerprint density at radius 1 is 1.11 bits per heavy atom. The lowest BCUT2D eigenvalue weighted by atomic mass is 10.4. The van der Waals surface area contributed by atoms with Crippen LogP contribution >= 0.6 is 24.1 Å². The molecule has 48 valence electrons. The summed E-state index contributed by atoms with van der Waals surface area (Å²) in [5, 5.41) is 0. The topological polar surface area (TPSA) is 0 Å². The molecule has 0 N–H and O–H groups in total. The Kier molecular flexibility index (Phi) is 6.00. The molecule has 0 unspecified atom stereocenters. The van der Waals surface area contributed by atoms with Gasteiger partial charge in [-0.2, -0.15) is 0 Å². The SMILES string of the molecule is BCl.Sc1ccccc1. The van der Waals surface area contributed by atoms with Gasteiger partial charge in [-0.05, 0) is 12.1 Å². The van der Waals surface area contributed by atoms with Crippen molar-refractivity contribution in [3.63, 3.8) is 0 Å². The molecule has 0 aliphatic carbocycles. The Labute approximate surface area is 67.0 Å². The van der Waals surface area contributed by atoms with Crippen LogP contribution in [-0.2, 0) is 0 Å². The second-order valence-corrected chi connectivity index (χ2v) is 1.85. The molecule has 0 saturated carbocycles. The monoisotopic (exact) mass is 158 g/mol. The fourth-order valence-corrected chi connectivity index (χ4v) is 0.600. The third-order valence-electron chi connectivity index (χ3n) is 0.756. The Bertz CT molecular complexity index is 143. The van der Waals surface area contributed by atoms with Gasteiger partial charge in [0.25, 0.3) is 0 Å². The maximum Gasteiger partial charge on any atom is 0.215 e. The Morgan fingerprint density at radius 2 is 1.56 bits per heavy atom. The molecule has 0 spiro atoms. The van der Waals surface area contributed by atoms with Gasteiger partial charge in [0.2, 0.25) is 7.26 Å². The highest BCUT2D eigenvalue weighted by molar-refractivity contribution is 7.80. The lowest BCUT2D eigenvalue weighted by Crippen LogP contribution is -1.56. The van der Waals surface area contributed by atoms with Crippen LogP contribution in [0.25, 0.3) is 0 Å². The van der Waals surface area contributed by atoms with Gasteiger partial charge in [0, 0.05) is 4.90 Å². The summed E-state index contributed by atoms with van der Waals surface area (Å²) < 4.78 is 0. The van der Waals surface area contributed by atoms with Crippen LogP contribution in [0.5, 0.6) is 0 Å². The van der Waals surface area contributed by atoms with Gasteiger partial charge >= 0.3 is 0 Å². The lowest BCUT2D eigenvalue weighted by Gasteiger charge is -1.81. The van der Waals surface area contributed by atoms with Crippen molar-refractivity contribution in [2.75, 3.05) is 0 Å². The van der Waals surface area contributed by atoms with Crippen LogP contribution in [0.3, 0.4) is 0 Å². The molecule has 0 aromatic heterocycles. The molecule has 1 rings (SSSR count). The number of benzene rings is 1. The van der Waals surface area contributed by atoms with E-state index in [4.69, 9.17) is 0 Å². The molecular formula is C6H8BClS. The zero-order valence-corrected chi connectivity index (χ0v) is 6.86. The first-order valence-corrected chi connectivity index (χ1v) is 3.72. The van der Waals surface area contributed by atoms with E-state index in [1.807, 2.05) is 30.3 Å². The van der Waals surface area contributed by atoms with Gasteiger partial charge in [0.05, 0.1) is 0 Å². The quantitative estimate of drug-likeness (QED) is 0.432. The van der Waals surface area contributed by atoms with Crippen molar-refractivity contribution >= 4 is 31.4 Å². The van der Waals surface area contributed by atoms with Crippen molar-refractivity contribution < 1.29 is 0 Å². The van der Waals surface area contributed by atoms with Crippen LogP contribution in [0, 0.1) is 0 Å². The van der Waals surface area contributed by atoms with Crippen LogP contribution in [0.4, 0.5) is 0 Å². The summed E-state index contributed by atoms with van der Waals surface area (Å²) in [7, 11) is 1.47. The van der Waals surface area contributed by atoms with Crippen molar-refractivity contribution in [1.82, 2.24) is 0 Å². The van der Waals surface area contributed by atoms with Gasteiger partial charge in [-0.1, -0.05) is 18.2 Å². The number of hydrogen-bond acceptors (Lipinski definition) is 1. The van der Waals surface area contributed by atoms with Crippen molar-refractivity contribution in [3.05, 3.63) is 30.3 Å². The highest BCUT2D eigenvalue weighted by Crippen LogP contribution is 2.00. The summed E-state index contributed by atoms with van der Waals surface area (Å²) in [6.07, 6.45) is 0. The van der Waals surface area contributed by atoms with Crippen LogP contribution < -0.4 is 0 Å². The van der Waals surface area contributed by atoms with Crippen LogP contribution in [0.2, 0.25) is 0 Å². The van der Waals surface area contributed by atoms with E-state index in [2.05, 4.69) is 24.1 Å². The van der Waals surface area contributed by atoms with E-state index in [1.54, 1.807) is 0 Å². The average Bonchev–Trinajstić information content (AvgIpc) is 1.94. The summed E-state index contributed by atoms with van der Waals surface area (Å²) in [5.74, 6) is 0. The molecule has 3 heteroatoms. The normalized spacial score (nSPS) is 7.33. The number of rotatable bonds is 0. The van der Waals surface area contributed by atoms with Crippen LogP contribution in [0.1, 0.15) is 0 Å². The van der Waals surface area contributed by atoms with E-state index in [0.29, 0.717) is 0 Å². The molecule has 0 amide bonds. The fourth-order valence-electron chi connectivity index (χ4n) is 0.428. The van der Waals surface area contributed by atoms with Crippen molar-refractivity contribution in [2.24, 2.45) is 0 Å². The second kappa shape index (κ2) is 6.05. The molecule has 0 radical (unpaired) electrons. The molecule has 0 nitrogen and oxygen atoms in total. The highest BCUT2D eigenvalue weighted by atomic mass is 35.5. The minimum absolute atomic E-state index is 1.02. The first-order valence-electron chi connectivity index (χ1n) is 2.51. The molecule has 0 bridgehead atoms. The Morgan fingerprint density at radius 3 is 1.78 bits per heavy atom. The van der Waals surface area contributed by atoms with Crippen LogP contribution in [0.15, 0.2) is 35.2 Å². The maximum atomic E-state index is 4.64. The molecule has 9 heavy (non-hydrogen) atoms. The molecule has 0 saturated heterocycles. The van der Waals surface area contributed by atoms with E-state index in [1.165, 1.54) is 7.26 Å². The van der Waals surface area contributed by atoms with E-state index in [-0.39, 0.29) is 0 Å². The minimum atomic E-state index is 1.02. The lowest BCUT2D eigenvalue weighted by molar-refractivity contribution is 1.48. The standard InChI is InChI=1S/C6H6S.BClH2/c7-6-4-2-1-3-5-6;1-2/h1-5,7H;1H2. The van der Waals surface area contributed by atoms with Crippen molar-refractivity contribution in [1.29, 1.82) is 0 Å². The largest absolute Gasteiger partial charge is 0.215 e. The molecule has 0 atom stereocenters. The molecule has 0 fully saturated rings. The fraction of sp³-hybridized carbons (Fsp3) is 0. The molecule has 0 aliphatic heterocycles. The highest BCUT2D eigenvalue weighted by Gasteiger charge is 1.73.